The summed E-state index contributed by atoms with van der Waals surface area (Å²) in [6.07, 6.45) is 5.23. The third-order valence-electron chi connectivity index (χ3n) is 6.71. The van der Waals surface area contributed by atoms with Crippen LogP contribution in [0.25, 0.3) is 11.1 Å². The van der Waals surface area contributed by atoms with Crippen LogP contribution in [0.2, 0.25) is 0 Å². The lowest BCUT2D eigenvalue weighted by molar-refractivity contribution is -0.127. The minimum absolute atomic E-state index is 0.0954. The monoisotopic (exact) mass is 457 g/mol. The van der Waals surface area contributed by atoms with Gasteiger partial charge in [-0.25, -0.2) is 0 Å². The Balaban J connectivity index is 1.50. The first-order chi connectivity index (χ1) is 16.4. The fourth-order valence-corrected chi connectivity index (χ4v) is 4.89. The molecule has 34 heavy (non-hydrogen) atoms. The zero-order chi connectivity index (χ0) is 23.8. The van der Waals surface area contributed by atoms with Gasteiger partial charge in [0.05, 0.1) is 30.7 Å². The Hall–Kier alpha value is -3.68. The van der Waals surface area contributed by atoms with Crippen LogP contribution in [0.3, 0.4) is 0 Å². The molecule has 0 bridgehead atoms. The van der Waals surface area contributed by atoms with Crippen LogP contribution in [0.5, 0.6) is 0 Å². The second-order valence-electron chi connectivity index (χ2n) is 9.45. The molecule has 1 aromatic heterocycles. The highest BCUT2D eigenvalue weighted by atomic mass is 16.2. The maximum Gasteiger partial charge on any atom is 0.226 e. The predicted molar refractivity (Wildman–Crippen MR) is 132 cm³/mol. The summed E-state index contributed by atoms with van der Waals surface area (Å²) >= 11 is 0. The average molecular weight is 458 g/mol. The first-order valence-electron chi connectivity index (χ1n) is 11.7. The molecule has 3 unspecified atom stereocenters. The Morgan fingerprint density at radius 3 is 2.76 bits per heavy atom. The molecule has 3 heterocycles. The number of aryl methyl sites for hydroxylation is 1. The van der Waals surface area contributed by atoms with Crippen LogP contribution in [-0.2, 0) is 18.3 Å². The molecule has 8 nitrogen and oxygen atoms in total. The first kappa shape index (κ1) is 22.1. The van der Waals surface area contributed by atoms with Crippen molar-refractivity contribution in [2.45, 2.75) is 37.9 Å². The Labute approximate surface area is 200 Å². The smallest absolute Gasteiger partial charge is 0.226 e. The number of hydrogen-bond acceptors (Lipinski definition) is 6. The van der Waals surface area contributed by atoms with Crippen LogP contribution >= 0.6 is 0 Å². The van der Waals surface area contributed by atoms with Crippen molar-refractivity contribution in [1.82, 2.24) is 19.7 Å². The Bertz CT molecular complexity index is 1230. The highest BCUT2D eigenvalue weighted by Crippen LogP contribution is 2.42. The number of anilines is 1. The highest BCUT2D eigenvalue weighted by molar-refractivity contribution is 5.78. The number of benzene rings is 2. The van der Waals surface area contributed by atoms with Crippen molar-refractivity contribution in [1.29, 1.82) is 0 Å². The van der Waals surface area contributed by atoms with Gasteiger partial charge in [-0.3, -0.25) is 14.5 Å². The van der Waals surface area contributed by atoms with Gasteiger partial charge in [0.1, 0.15) is 0 Å². The molecule has 2 aliphatic heterocycles. The van der Waals surface area contributed by atoms with E-state index in [0.717, 1.165) is 35.3 Å². The molecule has 0 saturated heterocycles. The second-order valence-corrected chi connectivity index (χ2v) is 9.45. The number of amides is 1. The maximum absolute atomic E-state index is 12.2. The van der Waals surface area contributed by atoms with Gasteiger partial charge in [0.15, 0.2) is 0 Å². The SMILES string of the molecule is CC1N=NN2CCC(Nc3cccc(CC(=O)N(C)C)c3)c3cc(-c4cnn(C)c4)ccc3C12. The number of fused-ring (bicyclic) bond motifs is 3. The van der Waals surface area contributed by atoms with Gasteiger partial charge in [-0.1, -0.05) is 29.5 Å². The van der Waals surface area contributed by atoms with E-state index in [4.69, 9.17) is 0 Å². The molecule has 3 aromatic rings. The predicted octanol–water partition coefficient (Wildman–Crippen LogP) is 4.39. The normalized spacial score (nSPS) is 21.1. The number of likely N-dealkylation sites (N-methyl/N-ethyl adjacent to an activating group) is 1. The number of nitrogens with one attached hydrogen (secondary N) is 1. The van der Waals surface area contributed by atoms with Crippen LogP contribution < -0.4 is 5.32 Å². The minimum atomic E-state index is 0.0954. The molecular weight excluding hydrogens is 426 g/mol. The molecule has 0 aliphatic carbocycles. The van der Waals surface area contributed by atoms with Crippen LogP contribution in [0.15, 0.2) is 65.2 Å². The van der Waals surface area contributed by atoms with E-state index in [9.17, 15) is 4.79 Å². The van der Waals surface area contributed by atoms with Gasteiger partial charge in [-0.05, 0) is 53.8 Å². The second kappa shape index (κ2) is 8.93. The van der Waals surface area contributed by atoms with E-state index in [-0.39, 0.29) is 24.0 Å². The van der Waals surface area contributed by atoms with Gasteiger partial charge in [0.25, 0.3) is 0 Å². The van der Waals surface area contributed by atoms with Crippen molar-refractivity contribution in [3.8, 4) is 11.1 Å². The Kier molecular flexibility index (Phi) is 5.81. The summed E-state index contributed by atoms with van der Waals surface area (Å²) in [6, 6.07) is 15.2. The van der Waals surface area contributed by atoms with Crippen LogP contribution in [0.4, 0.5) is 5.69 Å². The van der Waals surface area contributed by atoms with E-state index >= 15 is 0 Å². The number of carbonyl (C=O) groups is 1. The first-order valence-corrected chi connectivity index (χ1v) is 11.7. The molecule has 5 rings (SSSR count). The molecule has 0 fully saturated rings. The van der Waals surface area contributed by atoms with Gasteiger partial charge in [0.2, 0.25) is 5.91 Å². The standard InChI is InChI=1S/C26H31N7O/c1-17-26-22-9-8-19(20-15-27-32(4)16-20)14-23(22)24(10-11-33(26)30-29-17)28-21-7-5-6-18(12-21)13-25(34)31(2)3/h5-9,12,14-17,24,26,28H,10-11,13H2,1-4H3. The zero-order valence-corrected chi connectivity index (χ0v) is 20.1. The molecule has 3 atom stereocenters. The third kappa shape index (κ3) is 4.27. The van der Waals surface area contributed by atoms with Crippen molar-refractivity contribution in [2.75, 3.05) is 26.0 Å². The Morgan fingerprint density at radius 1 is 1.15 bits per heavy atom. The lowest BCUT2D eigenvalue weighted by atomic mass is 9.90. The molecule has 0 radical (unpaired) electrons. The number of hydrogen-bond donors (Lipinski definition) is 1. The summed E-state index contributed by atoms with van der Waals surface area (Å²) in [6.45, 7) is 2.96. The summed E-state index contributed by atoms with van der Waals surface area (Å²) in [5.74, 6) is 0.0954. The highest BCUT2D eigenvalue weighted by Gasteiger charge is 2.37. The lowest BCUT2D eigenvalue weighted by Gasteiger charge is -2.24. The lowest BCUT2D eigenvalue weighted by Crippen LogP contribution is -2.25. The van der Waals surface area contributed by atoms with Crippen LogP contribution in [-0.4, -0.2) is 52.3 Å². The van der Waals surface area contributed by atoms with E-state index in [0.29, 0.717) is 6.42 Å². The van der Waals surface area contributed by atoms with E-state index in [1.807, 2.05) is 36.3 Å². The van der Waals surface area contributed by atoms with Gasteiger partial charge >= 0.3 is 0 Å². The van der Waals surface area contributed by atoms with Crippen molar-refractivity contribution in [3.05, 3.63) is 71.5 Å². The fraction of sp³-hybridized carbons (Fsp3) is 0.385. The number of rotatable bonds is 5. The third-order valence-corrected chi connectivity index (χ3v) is 6.71. The molecule has 0 spiro atoms. The average Bonchev–Trinajstić information content (AvgIpc) is 3.37. The topological polar surface area (TPSA) is 78.1 Å². The van der Waals surface area contributed by atoms with E-state index in [2.05, 4.69) is 63.0 Å². The quantitative estimate of drug-likeness (QED) is 0.617. The molecule has 2 aliphatic rings. The summed E-state index contributed by atoms with van der Waals surface area (Å²) in [5.41, 5.74) is 6.80. The van der Waals surface area contributed by atoms with Crippen molar-refractivity contribution < 1.29 is 4.79 Å². The zero-order valence-electron chi connectivity index (χ0n) is 20.1. The maximum atomic E-state index is 12.2. The van der Waals surface area contributed by atoms with Gasteiger partial charge < -0.3 is 10.2 Å². The molecule has 8 heteroatoms. The van der Waals surface area contributed by atoms with Gasteiger partial charge in [-0.15, -0.1) is 0 Å². The van der Waals surface area contributed by atoms with Crippen molar-refractivity contribution in [3.63, 3.8) is 0 Å². The van der Waals surface area contributed by atoms with Gasteiger partial charge in [-0.2, -0.15) is 10.2 Å². The summed E-state index contributed by atoms with van der Waals surface area (Å²) < 4.78 is 1.83. The van der Waals surface area contributed by atoms with Gasteiger partial charge in [0, 0.05) is 45.1 Å². The summed E-state index contributed by atoms with van der Waals surface area (Å²) in [4.78, 5) is 13.8. The Morgan fingerprint density at radius 2 is 2.00 bits per heavy atom. The van der Waals surface area contributed by atoms with Crippen LogP contribution in [0.1, 0.15) is 42.1 Å². The summed E-state index contributed by atoms with van der Waals surface area (Å²) in [7, 11) is 5.51. The number of nitrogens with zero attached hydrogens (tertiary/aromatic N) is 6. The number of carbonyl (C=O) groups excluding carboxylic acids is 1. The largest absolute Gasteiger partial charge is 0.378 e. The molecular formula is C26H31N7O. The summed E-state index contributed by atoms with van der Waals surface area (Å²) in [5, 5.41) is 19.2. The molecule has 1 N–H and O–H groups in total. The fourth-order valence-electron chi connectivity index (χ4n) is 4.89. The molecule has 2 aromatic carbocycles. The van der Waals surface area contributed by atoms with Crippen LogP contribution in [0, 0.1) is 0 Å². The van der Waals surface area contributed by atoms with Crippen molar-refractivity contribution >= 4 is 11.6 Å². The number of aromatic nitrogens is 2. The molecule has 0 saturated carbocycles. The molecule has 1 amide bonds. The van der Waals surface area contributed by atoms with E-state index < -0.39 is 0 Å². The molecule has 176 valence electrons. The van der Waals surface area contributed by atoms with E-state index in [1.165, 1.54) is 11.1 Å². The van der Waals surface area contributed by atoms with E-state index in [1.54, 1.807) is 19.0 Å². The minimum Gasteiger partial charge on any atom is -0.378 e. The van der Waals surface area contributed by atoms with Crippen molar-refractivity contribution in [2.24, 2.45) is 17.4 Å².